The Morgan fingerprint density at radius 1 is 1.09 bits per heavy atom. The Morgan fingerprint density at radius 2 is 1.91 bits per heavy atom. The van der Waals surface area contributed by atoms with E-state index in [1.807, 2.05) is 0 Å². The van der Waals surface area contributed by atoms with E-state index >= 15 is 0 Å². The summed E-state index contributed by atoms with van der Waals surface area (Å²) < 4.78 is 10.6. The van der Waals surface area contributed by atoms with Crippen molar-refractivity contribution in [3.63, 3.8) is 0 Å². The molecule has 0 bridgehead atoms. The van der Waals surface area contributed by atoms with Gasteiger partial charge in [-0.15, -0.1) is 0 Å². The van der Waals surface area contributed by atoms with Gasteiger partial charge in [0.05, 0.1) is 6.61 Å². The van der Waals surface area contributed by atoms with Gasteiger partial charge in [0, 0.05) is 26.2 Å². The molecule has 0 spiro atoms. The number of hydrogen-bond donors (Lipinski definition) is 0. The lowest BCUT2D eigenvalue weighted by molar-refractivity contribution is 0.0355. The van der Waals surface area contributed by atoms with Crippen LogP contribution in [-0.4, -0.2) is 62.8 Å². The normalized spacial score (nSPS) is 26.0. The summed E-state index contributed by atoms with van der Waals surface area (Å²) in [5.74, 6) is 1.79. The minimum atomic E-state index is 0.610. The standard InChI is InChI=1S/C19H30N2O2/c1-20-10-3-4-17-15-21(11-9-19(17)20)14-16-5-7-18(8-6-16)23-13-12-22-2/h5-8,17,19H,3-4,9-15H2,1-2H3/t17-,19+/m0/s1. The van der Waals surface area contributed by atoms with Crippen molar-refractivity contribution in [1.29, 1.82) is 0 Å². The quantitative estimate of drug-likeness (QED) is 0.753. The summed E-state index contributed by atoms with van der Waals surface area (Å²) in [6.45, 7) is 6.06. The van der Waals surface area contributed by atoms with Crippen molar-refractivity contribution in [1.82, 2.24) is 9.80 Å². The fourth-order valence-corrected chi connectivity index (χ4v) is 4.06. The Morgan fingerprint density at radius 3 is 2.70 bits per heavy atom. The number of benzene rings is 1. The van der Waals surface area contributed by atoms with E-state index in [1.54, 1.807) is 7.11 Å². The molecule has 0 radical (unpaired) electrons. The number of fused-ring (bicyclic) bond motifs is 1. The Hall–Kier alpha value is -1.10. The van der Waals surface area contributed by atoms with E-state index in [0.29, 0.717) is 13.2 Å². The Kier molecular flexibility index (Phi) is 5.92. The largest absolute Gasteiger partial charge is 0.491 e. The fraction of sp³-hybridized carbons (Fsp3) is 0.684. The molecule has 0 saturated carbocycles. The summed E-state index contributed by atoms with van der Waals surface area (Å²) in [4.78, 5) is 5.21. The average Bonchev–Trinajstić information content (AvgIpc) is 2.57. The number of likely N-dealkylation sites (tertiary alicyclic amines) is 2. The van der Waals surface area contributed by atoms with Gasteiger partial charge >= 0.3 is 0 Å². The lowest BCUT2D eigenvalue weighted by Crippen LogP contribution is -2.52. The van der Waals surface area contributed by atoms with Crippen molar-refractivity contribution in [2.45, 2.75) is 31.8 Å². The molecule has 0 aliphatic carbocycles. The molecule has 23 heavy (non-hydrogen) atoms. The van der Waals surface area contributed by atoms with E-state index in [1.165, 1.54) is 44.5 Å². The summed E-state index contributed by atoms with van der Waals surface area (Å²) in [6.07, 6.45) is 4.08. The summed E-state index contributed by atoms with van der Waals surface area (Å²) in [6, 6.07) is 9.36. The smallest absolute Gasteiger partial charge is 0.119 e. The molecule has 2 atom stereocenters. The molecule has 4 heteroatoms. The minimum absolute atomic E-state index is 0.610. The van der Waals surface area contributed by atoms with Crippen LogP contribution in [0.5, 0.6) is 5.75 Å². The topological polar surface area (TPSA) is 24.9 Å². The number of nitrogens with zero attached hydrogens (tertiary/aromatic N) is 2. The number of rotatable bonds is 6. The van der Waals surface area contributed by atoms with Crippen LogP contribution in [0.2, 0.25) is 0 Å². The van der Waals surface area contributed by atoms with Gasteiger partial charge in [0.1, 0.15) is 12.4 Å². The maximum absolute atomic E-state index is 5.63. The molecule has 2 aliphatic heterocycles. The molecule has 2 saturated heterocycles. The zero-order valence-electron chi connectivity index (χ0n) is 14.5. The third kappa shape index (κ3) is 4.46. The highest BCUT2D eigenvalue weighted by atomic mass is 16.5. The monoisotopic (exact) mass is 318 g/mol. The van der Waals surface area contributed by atoms with Gasteiger partial charge in [0.25, 0.3) is 0 Å². The van der Waals surface area contributed by atoms with E-state index in [0.717, 1.165) is 24.3 Å². The molecule has 2 heterocycles. The van der Waals surface area contributed by atoms with Crippen LogP contribution < -0.4 is 4.74 Å². The second kappa shape index (κ2) is 8.13. The molecule has 0 N–H and O–H groups in total. The maximum atomic E-state index is 5.63. The predicted molar refractivity (Wildman–Crippen MR) is 92.8 cm³/mol. The Labute approximate surface area is 140 Å². The summed E-state index contributed by atoms with van der Waals surface area (Å²) in [7, 11) is 3.99. The molecule has 2 aliphatic rings. The molecule has 1 aromatic carbocycles. The zero-order chi connectivity index (χ0) is 16.1. The molecule has 0 aromatic heterocycles. The van der Waals surface area contributed by atoms with Crippen LogP contribution in [0.1, 0.15) is 24.8 Å². The van der Waals surface area contributed by atoms with Crippen molar-refractivity contribution in [3.05, 3.63) is 29.8 Å². The van der Waals surface area contributed by atoms with Gasteiger partial charge in [0.2, 0.25) is 0 Å². The van der Waals surface area contributed by atoms with E-state index in [4.69, 9.17) is 9.47 Å². The lowest BCUT2D eigenvalue weighted by Gasteiger charge is -2.46. The Balaban J connectivity index is 1.49. The van der Waals surface area contributed by atoms with Crippen LogP contribution in [0.15, 0.2) is 24.3 Å². The molecule has 3 rings (SSSR count). The summed E-state index contributed by atoms with van der Waals surface area (Å²) >= 11 is 0. The van der Waals surface area contributed by atoms with E-state index in [9.17, 15) is 0 Å². The first-order valence-corrected chi connectivity index (χ1v) is 8.89. The van der Waals surface area contributed by atoms with Gasteiger partial charge < -0.3 is 14.4 Å². The summed E-state index contributed by atoms with van der Waals surface area (Å²) in [5.41, 5.74) is 1.38. The molecule has 0 amide bonds. The van der Waals surface area contributed by atoms with Crippen molar-refractivity contribution >= 4 is 0 Å². The van der Waals surface area contributed by atoms with Gasteiger partial charge in [-0.25, -0.2) is 0 Å². The van der Waals surface area contributed by atoms with Crippen LogP contribution in [0, 0.1) is 5.92 Å². The number of hydrogen-bond acceptors (Lipinski definition) is 4. The highest BCUT2D eigenvalue weighted by Gasteiger charge is 2.33. The van der Waals surface area contributed by atoms with Crippen molar-refractivity contribution < 1.29 is 9.47 Å². The van der Waals surface area contributed by atoms with Crippen LogP contribution in [-0.2, 0) is 11.3 Å². The molecule has 128 valence electrons. The highest BCUT2D eigenvalue weighted by Crippen LogP contribution is 2.30. The van der Waals surface area contributed by atoms with Crippen LogP contribution in [0.4, 0.5) is 0 Å². The van der Waals surface area contributed by atoms with Crippen molar-refractivity contribution in [2.75, 3.05) is 47.0 Å². The minimum Gasteiger partial charge on any atom is -0.491 e. The van der Waals surface area contributed by atoms with Crippen LogP contribution in [0.25, 0.3) is 0 Å². The third-order valence-corrected chi connectivity index (χ3v) is 5.32. The number of methoxy groups -OCH3 is 1. The SMILES string of the molecule is COCCOc1ccc(CN2CC[C@@H]3[C@@H](CCCN3C)C2)cc1. The molecule has 1 aromatic rings. The predicted octanol–water partition coefficient (Wildman–Crippen LogP) is 2.63. The van der Waals surface area contributed by atoms with Crippen LogP contribution >= 0.6 is 0 Å². The lowest BCUT2D eigenvalue weighted by atomic mass is 9.84. The first-order valence-electron chi connectivity index (χ1n) is 8.89. The van der Waals surface area contributed by atoms with Gasteiger partial charge in [-0.3, -0.25) is 4.90 Å². The second-order valence-corrected chi connectivity index (χ2v) is 6.96. The van der Waals surface area contributed by atoms with Crippen molar-refractivity contribution in [2.24, 2.45) is 5.92 Å². The van der Waals surface area contributed by atoms with E-state index in [-0.39, 0.29) is 0 Å². The molecule has 0 unspecified atom stereocenters. The van der Waals surface area contributed by atoms with Crippen LogP contribution in [0.3, 0.4) is 0 Å². The molecule has 4 nitrogen and oxygen atoms in total. The highest BCUT2D eigenvalue weighted by molar-refractivity contribution is 5.27. The van der Waals surface area contributed by atoms with E-state index < -0.39 is 0 Å². The maximum Gasteiger partial charge on any atom is 0.119 e. The van der Waals surface area contributed by atoms with Crippen molar-refractivity contribution in [3.8, 4) is 5.75 Å². The third-order valence-electron chi connectivity index (χ3n) is 5.32. The Bertz CT molecular complexity index is 477. The van der Waals surface area contributed by atoms with E-state index in [2.05, 4.69) is 41.1 Å². The second-order valence-electron chi connectivity index (χ2n) is 6.96. The molecular formula is C19H30N2O2. The average molecular weight is 318 g/mol. The first kappa shape index (κ1) is 16.7. The fourth-order valence-electron chi connectivity index (χ4n) is 4.06. The van der Waals surface area contributed by atoms with Gasteiger partial charge in [-0.1, -0.05) is 12.1 Å². The molecular weight excluding hydrogens is 288 g/mol. The molecule has 2 fully saturated rings. The van der Waals surface area contributed by atoms with Gasteiger partial charge in [0.15, 0.2) is 0 Å². The zero-order valence-corrected chi connectivity index (χ0v) is 14.5. The first-order chi connectivity index (χ1) is 11.3. The number of piperidine rings is 2. The van der Waals surface area contributed by atoms with Gasteiger partial charge in [-0.05, 0) is 63.0 Å². The summed E-state index contributed by atoms with van der Waals surface area (Å²) in [5, 5.41) is 0. The number of ether oxygens (including phenoxy) is 2. The van der Waals surface area contributed by atoms with Gasteiger partial charge in [-0.2, -0.15) is 0 Å².